The van der Waals surface area contributed by atoms with E-state index in [1.165, 1.54) is 22.3 Å². The van der Waals surface area contributed by atoms with E-state index in [0.717, 1.165) is 11.4 Å². The van der Waals surface area contributed by atoms with Gasteiger partial charge in [-0.15, -0.1) is 0 Å². The van der Waals surface area contributed by atoms with Gasteiger partial charge >= 0.3 is 0 Å². The summed E-state index contributed by atoms with van der Waals surface area (Å²) in [5, 5.41) is 3.49. The van der Waals surface area contributed by atoms with Crippen LogP contribution >= 0.6 is 0 Å². The van der Waals surface area contributed by atoms with Gasteiger partial charge in [0.2, 0.25) is 0 Å². The fourth-order valence-electron chi connectivity index (χ4n) is 2.48. The molecule has 0 aromatic heterocycles. The molecule has 0 aliphatic rings. The predicted molar refractivity (Wildman–Crippen MR) is 101 cm³/mol. The molecular formula is C22H21N. The van der Waals surface area contributed by atoms with Crippen LogP contribution < -0.4 is 5.32 Å². The molecule has 0 fully saturated rings. The van der Waals surface area contributed by atoms with Crippen LogP contribution in [0.15, 0.2) is 72.8 Å². The molecule has 1 nitrogen and oxygen atoms in total. The molecule has 0 saturated heterocycles. The van der Waals surface area contributed by atoms with Crippen LogP contribution in [0.3, 0.4) is 0 Å². The second kappa shape index (κ2) is 6.97. The van der Waals surface area contributed by atoms with Crippen LogP contribution in [0.5, 0.6) is 0 Å². The highest BCUT2D eigenvalue weighted by Gasteiger charge is 2.00. The van der Waals surface area contributed by atoms with Gasteiger partial charge in [-0.05, 0) is 54.3 Å². The average molecular weight is 299 g/mol. The first-order valence-corrected chi connectivity index (χ1v) is 7.89. The van der Waals surface area contributed by atoms with E-state index in [1.54, 1.807) is 0 Å². The third-order valence-corrected chi connectivity index (χ3v) is 4.06. The van der Waals surface area contributed by atoms with Gasteiger partial charge in [0, 0.05) is 11.4 Å². The number of aryl methyl sites for hydroxylation is 1. The Labute approximate surface area is 138 Å². The van der Waals surface area contributed by atoms with Crippen molar-refractivity contribution in [3.05, 3.63) is 95.1 Å². The molecule has 3 aromatic rings. The van der Waals surface area contributed by atoms with Crippen LogP contribution in [0, 0.1) is 13.8 Å². The minimum atomic E-state index is 1.11. The standard InChI is InChI=1S/C22H21N/c1-17-7-6-10-22(18(17)2)23-21-15-13-20(14-16-21)12-11-19-8-4-3-5-9-19/h3-16,23H,1-2H3. The van der Waals surface area contributed by atoms with Crippen molar-refractivity contribution >= 4 is 23.5 Å². The van der Waals surface area contributed by atoms with Crippen LogP contribution in [-0.4, -0.2) is 0 Å². The molecule has 3 rings (SSSR count). The van der Waals surface area contributed by atoms with Crippen molar-refractivity contribution in [3.63, 3.8) is 0 Å². The van der Waals surface area contributed by atoms with Gasteiger partial charge in [-0.25, -0.2) is 0 Å². The van der Waals surface area contributed by atoms with Gasteiger partial charge in [-0.1, -0.05) is 66.7 Å². The predicted octanol–water partition coefficient (Wildman–Crippen LogP) is 6.22. The number of rotatable bonds is 4. The van der Waals surface area contributed by atoms with Gasteiger partial charge in [0.05, 0.1) is 0 Å². The fraction of sp³-hybridized carbons (Fsp3) is 0.0909. The van der Waals surface area contributed by atoms with Crippen molar-refractivity contribution in [2.75, 3.05) is 5.32 Å². The Kier molecular flexibility index (Phi) is 4.58. The van der Waals surface area contributed by atoms with Crippen LogP contribution in [-0.2, 0) is 0 Å². The summed E-state index contributed by atoms with van der Waals surface area (Å²) < 4.78 is 0. The topological polar surface area (TPSA) is 12.0 Å². The summed E-state index contributed by atoms with van der Waals surface area (Å²) in [4.78, 5) is 0. The maximum atomic E-state index is 3.49. The summed E-state index contributed by atoms with van der Waals surface area (Å²) in [6, 6.07) is 25.2. The first kappa shape index (κ1) is 15.1. The minimum Gasteiger partial charge on any atom is -0.355 e. The lowest BCUT2D eigenvalue weighted by atomic mass is 10.1. The fourth-order valence-corrected chi connectivity index (χ4v) is 2.48. The molecule has 1 heteroatoms. The molecule has 0 heterocycles. The molecule has 23 heavy (non-hydrogen) atoms. The van der Waals surface area contributed by atoms with Gasteiger partial charge in [-0.2, -0.15) is 0 Å². The third-order valence-electron chi connectivity index (χ3n) is 4.06. The minimum absolute atomic E-state index is 1.11. The highest BCUT2D eigenvalue weighted by molar-refractivity contribution is 5.71. The second-order valence-corrected chi connectivity index (χ2v) is 5.74. The monoisotopic (exact) mass is 299 g/mol. The second-order valence-electron chi connectivity index (χ2n) is 5.74. The smallest absolute Gasteiger partial charge is 0.0416 e. The lowest BCUT2D eigenvalue weighted by Gasteiger charge is -2.11. The Hall–Kier alpha value is -2.80. The molecule has 0 saturated carbocycles. The Morgan fingerprint density at radius 3 is 2.00 bits per heavy atom. The van der Waals surface area contributed by atoms with Gasteiger partial charge in [-0.3, -0.25) is 0 Å². The van der Waals surface area contributed by atoms with Gasteiger partial charge < -0.3 is 5.32 Å². The Bertz CT molecular complexity index is 799. The molecule has 0 amide bonds. The van der Waals surface area contributed by atoms with Crippen LogP contribution in [0.4, 0.5) is 11.4 Å². The highest BCUT2D eigenvalue weighted by atomic mass is 14.9. The summed E-state index contributed by atoms with van der Waals surface area (Å²) in [5.74, 6) is 0. The van der Waals surface area contributed by atoms with Crippen LogP contribution in [0.2, 0.25) is 0 Å². The third kappa shape index (κ3) is 3.89. The summed E-state index contributed by atoms with van der Waals surface area (Å²) in [6.07, 6.45) is 4.27. The van der Waals surface area contributed by atoms with E-state index >= 15 is 0 Å². The molecule has 0 spiro atoms. The first-order valence-electron chi connectivity index (χ1n) is 7.89. The number of nitrogens with one attached hydrogen (secondary N) is 1. The van der Waals surface area contributed by atoms with Crippen molar-refractivity contribution in [1.82, 2.24) is 0 Å². The number of benzene rings is 3. The van der Waals surface area contributed by atoms with E-state index in [9.17, 15) is 0 Å². The normalized spacial score (nSPS) is 10.9. The number of anilines is 2. The molecule has 1 N–H and O–H groups in total. The van der Waals surface area contributed by atoms with Crippen LogP contribution in [0.1, 0.15) is 22.3 Å². The molecular weight excluding hydrogens is 278 g/mol. The molecule has 0 aliphatic heterocycles. The van der Waals surface area contributed by atoms with E-state index in [4.69, 9.17) is 0 Å². The zero-order valence-electron chi connectivity index (χ0n) is 13.6. The SMILES string of the molecule is Cc1cccc(Nc2ccc(C=Cc3ccccc3)cc2)c1C. The van der Waals surface area contributed by atoms with Gasteiger partial charge in [0.25, 0.3) is 0 Å². The maximum absolute atomic E-state index is 3.49. The summed E-state index contributed by atoms with van der Waals surface area (Å²) in [6.45, 7) is 4.28. The zero-order valence-corrected chi connectivity index (χ0v) is 13.6. The molecule has 3 aromatic carbocycles. The summed E-state index contributed by atoms with van der Waals surface area (Å²) in [7, 11) is 0. The van der Waals surface area contributed by atoms with Crippen molar-refractivity contribution < 1.29 is 0 Å². The van der Waals surface area contributed by atoms with Crippen LogP contribution in [0.25, 0.3) is 12.2 Å². The Morgan fingerprint density at radius 2 is 1.30 bits per heavy atom. The van der Waals surface area contributed by atoms with E-state index < -0.39 is 0 Å². The number of hydrogen-bond acceptors (Lipinski definition) is 1. The number of hydrogen-bond donors (Lipinski definition) is 1. The summed E-state index contributed by atoms with van der Waals surface area (Å²) in [5.41, 5.74) is 7.27. The first-order chi connectivity index (χ1) is 11.2. The molecule has 0 aliphatic carbocycles. The molecule has 0 bridgehead atoms. The lowest BCUT2D eigenvalue weighted by Crippen LogP contribution is -1.94. The average Bonchev–Trinajstić information content (AvgIpc) is 2.59. The van der Waals surface area contributed by atoms with Crippen molar-refractivity contribution in [3.8, 4) is 0 Å². The largest absolute Gasteiger partial charge is 0.355 e. The van der Waals surface area contributed by atoms with E-state index in [2.05, 4.69) is 98.0 Å². The molecule has 0 unspecified atom stereocenters. The van der Waals surface area contributed by atoms with E-state index in [1.807, 2.05) is 6.07 Å². The van der Waals surface area contributed by atoms with Gasteiger partial charge in [0.1, 0.15) is 0 Å². The Balaban J connectivity index is 1.72. The van der Waals surface area contributed by atoms with Crippen molar-refractivity contribution in [1.29, 1.82) is 0 Å². The zero-order chi connectivity index (χ0) is 16.1. The molecule has 0 radical (unpaired) electrons. The Morgan fingerprint density at radius 1 is 0.652 bits per heavy atom. The molecule has 0 atom stereocenters. The van der Waals surface area contributed by atoms with Crippen molar-refractivity contribution in [2.45, 2.75) is 13.8 Å². The lowest BCUT2D eigenvalue weighted by molar-refractivity contribution is 1.33. The summed E-state index contributed by atoms with van der Waals surface area (Å²) >= 11 is 0. The van der Waals surface area contributed by atoms with Crippen molar-refractivity contribution in [2.24, 2.45) is 0 Å². The van der Waals surface area contributed by atoms with E-state index in [-0.39, 0.29) is 0 Å². The maximum Gasteiger partial charge on any atom is 0.0416 e. The van der Waals surface area contributed by atoms with Gasteiger partial charge in [0.15, 0.2) is 0 Å². The highest BCUT2D eigenvalue weighted by Crippen LogP contribution is 2.23. The van der Waals surface area contributed by atoms with E-state index in [0.29, 0.717) is 0 Å². The molecule has 114 valence electrons. The quantitative estimate of drug-likeness (QED) is 0.564.